The summed E-state index contributed by atoms with van der Waals surface area (Å²) < 4.78 is 10.8. The minimum Gasteiger partial charge on any atom is -0.493 e. The van der Waals surface area contributed by atoms with Gasteiger partial charge in [-0.2, -0.15) is 0 Å². The van der Waals surface area contributed by atoms with Crippen LogP contribution in [-0.4, -0.2) is 56.2 Å². The molecule has 1 N–H and O–H groups in total. The molecule has 1 aliphatic heterocycles. The number of hydrogen-bond donors (Lipinski definition) is 1. The molecule has 0 saturated carbocycles. The zero-order valence-electron chi connectivity index (χ0n) is 19.4. The van der Waals surface area contributed by atoms with E-state index in [-0.39, 0.29) is 5.91 Å². The van der Waals surface area contributed by atoms with Gasteiger partial charge in [0, 0.05) is 43.3 Å². The molecular weight excluding hydrogens is 472 g/mol. The molecule has 4 rings (SSSR count). The number of carbonyl (C=O) groups excluding carboxylic acids is 1. The largest absolute Gasteiger partial charge is 0.493 e. The average molecular weight is 501 g/mol. The van der Waals surface area contributed by atoms with Crippen molar-refractivity contribution in [1.29, 1.82) is 0 Å². The molecule has 0 radical (unpaired) electrons. The van der Waals surface area contributed by atoms with E-state index in [1.54, 1.807) is 49.8 Å². The highest BCUT2D eigenvalue weighted by Crippen LogP contribution is 2.29. The lowest BCUT2D eigenvalue weighted by atomic mass is 10.2. The number of benzene rings is 2. The van der Waals surface area contributed by atoms with Crippen molar-refractivity contribution in [2.24, 2.45) is 0 Å². The molecule has 1 aliphatic rings. The molecule has 0 unspecified atom stereocenters. The maximum Gasteiger partial charge on any atom is 0.251 e. The molecule has 0 aliphatic carbocycles. The van der Waals surface area contributed by atoms with Crippen LogP contribution in [0.15, 0.2) is 48.0 Å². The van der Waals surface area contributed by atoms with Crippen molar-refractivity contribution in [3.8, 4) is 11.5 Å². The number of halogens is 1. The van der Waals surface area contributed by atoms with Crippen LogP contribution < -0.4 is 19.7 Å². The summed E-state index contributed by atoms with van der Waals surface area (Å²) in [5.74, 6) is 2.35. The second kappa shape index (κ2) is 11.6. The summed E-state index contributed by atoms with van der Waals surface area (Å²) in [5.41, 5.74) is 3.65. The van der Waals surface area contributed by atoms with E-state index >= 15 is 0 Å². The Morgan fingerprint density at radius 3 is 2.62 bits per heavy atom. The van der Waals surface area contributed by atoms with E-state index in [1.807, 2.05) is 17.6 Å². The topological polar surface area (TPSA) is 66.9 Å². The molecule has 0 bridgehead atoms. The van der Waals surface area contributed by atoms with Crippen molar-refractivity contribution >= 4 is 34.7 Å². The zero-order chi connectivity index (χ0) is 23.9. The number of rotatable bonds is 8. The van der Waals surface area contributed by atoms with Crippen molar-refractivity contribution in [1.82, 2.24) is 15.2 Å². The van der Waals surface area contributed by atoms with Crippen molar-refractivity contribution in [2.45, 2.75) is 19.5 Å². The van der Waals surface area contributed by atoms with Crippen LogP contribution in [0.1, 0.15) is 27.2 Å². The summed E-state index contributed by atoms with van der Waals surface area (Å²) in [6, 6.07) is 13.0. The first-order valence-electron chi connectivity index (χ1n) is 11.2. The predicted octanol–water partition coefficient (Wildman–Crippen LogP) is 4.46. The Hall–Kier alpha value is -2.81. The summed E-state index contributed by atoms with van der Waals surface area (Å²) in [4.78, 5) is 23.0. The van der Waals surface area contributed by atoms with Crippen molar-refractivity contribution in [3.63, 3.8) is 0 Å². The third kappa shape index (κ3) is 6.00. The lowest BCUT2D eigenvalue weighted by molar-refractivity contribution is 0.0951. The van der Waals surface area contributed by atoms with E-state index < -0.39 is 0 Å². The van der Waals surface area contributed by atoms with Gasteiger partial charge >= 0.3 is 0 Å². The van der Waals surface area contributed by atoms with Crippen LogP contribution in [0.25, 0.3) is 0 Å². The zero-order valence-corrected chi connectivity index (χ0v) is 21.0. The Kier molecular flexibility index (Phi) is 8.26. The standard InChI is InChI=1S/C25H29ClN4O3S/c1-32-21-9-4-18(14-22(21)33-2)16-29-10-3-11-30(13-12-29)24-23(34-17-28-24)15-27-25(31)19-5-7-20(26)8-6-19/h4-9,14,17H,3,10-13,15-16H2,1-2H3,(H,27,31). The minimum atomic E-state index is -0.118. The van der Waals surface area contributed by atoms with Gasteiger partial charge in [0.05, 0.1) is 31.2 Å². The number of anilines is 1. The lowest BCUT2D eigenvalue weighted by Gasteiger charge is -2.23. The van der Waals surface area contributed by atoms with Gasteiger partial charge in [-0.25, -0.2) is 4.98 Å². The summed E-state index contributed by atoms with van der Waals surface area (Å²) >= 11 is 7.49. The number of nitrogens with zero attached hydrogens (tertiary/aromatic N) is 3. The van der Waals surface area contributed by atoms with Gasteiger partial charge in [-0.05, 0) is 48.4 Å². The van der Waals surface area contributed by atoms with Gasteiger partial charge in [0.2, 0.25) is 0 Å². The van der Waals surface area contributed by atoms with E-state index in [0.717, 1.165) is 61.3 Å². The van der Waals surface area contributed by atoms with Crippen molar-refractivity contribution < 1.29 is 14.3 Å². The molecule has 180 valence electrons. The maximum atomic E-state index is 12.5. The fourth-order valence-electron chi connectivity index (χ4n) is 4.09. The first-order chi connectivity index (χ1) is 16.6. The number of carbonyl (C=O) groups is 1. The van der Waals surface area contributed by atoms with Crippen molar-refractivity contribution in [3.05, 3.63) is 69.0 Å². The van der Waals surface area contributed by atoms with Crippen LogP contribution in [0, 0.1) is 0 Å². The highest BCUT2D eigenvalue weighted by atomic mass is 35.5. The molecule has 2 aromatic carbocycles. The molecule has 7 nitrogen and oxygen atoms in total. The minimum absolute atomic E-state index is 0.118. The van der Waals surface area contributed by atoms with E-state index in [2.05, 4.69) is 26.2 Å². The van der Waals surface area contributed by atoms with Gasteiger partial charge < -0.3 is 19.7 Å². The Morgan fingerprint density at radius 1 is 1.06 bits per heavy atom. The number of hydrogen-bond acceptors (Lipinski definition) is 7. The fourth-order valence-corrected chi connectivity index (χ4v) is 4.93. The van der Waals surface area contributed by atoms with Crippen LogP contribution in [-0.2, 0) is 13.1 Å². The monoisotopic (exact) mass is 500 g/mol. The molecule has 0 atom stereocenters. The lowest BCUT2D eigenvalue weighted by Crippen LogP contribution is -2.31. The molecule has 9 heteroatoms. The number of nitrogens with one attached hydrogen (secondary N) is 1. The molecule has 0 spiro atoms. The Bertz CT molecular complexity index is 1110. The van der Waals surface area contributed by atoms with Crippen LogP contribution >= 0.6 is 22.9 Å². The van der Waals surface area contributed by atoms with Crippen molar-refractivity contribution in [2.75, 3.05) is 45.3 Å². The van der Waals surface area contributed by atoms with Crippen LogP contribution in [0.2, 0.25) is 5.02 Å². The summed E-state index contributed by atoms with van der Waals surface area (Å²) in [7, 11) is 3.31. The SMILES string of the molecule is COc1ccc(CN2CCCN(c3ncsc3CNC(=O)c3ccc(Cl)cc3)CC2)cc1OC. The molecule has 1 amide bonds. The quantitative estimate of drug-likeness (QED) is 0.492. The smallest absolute Gasteiger partial charge is 0.251 e. The molecule has 34 heavy (non-hydrogen) atoms. The Morgan fingerprint density at radius 2 is 1.85 bits per heavy atom. The number of ether oxygens (including phenoxy) is 2. The number of aromatic nitrogens is 1. The van der Waals surface area contributed by atoms with E-state index in [1.165, 1.54) is 5.56 Å². The van der Waals surface area contributed by atoms with E-state index in [0.29, 0.717) is 17.1 Å². The van der Waals surface area contributed by atoms with Gasteiger partial charge in [0.15, 0.2) is 11.5 Å². The van der Waals surface area contributed by atoms with Gasteiger partial charge in [0.1, 0.15) is 5.82 Å². The van der Waals surface area contributed by atoms with Crippen LogP contribution in [0.3, 0.4) is 0 Å². The predicted molar refractivity (Wildman–Crippen MR) is 136 cm³/mol. The van der Waals surface area contributed by atoms with Gasteiger partial charge in [0.25, 0.3) is 5.91 Å². The number of methoxy groups -OCH3 is 2. The molecule has 1 aromatic heterocycles. The highest BCUT2D eigenvalue weighted by molar-refractivity contribution is 7.10. The molecule has 3 aromatic rings. The van der Waals surface area contributed by atoms with Gasteiger partial charge in [-0.3, -0.25) is 9.69 Å². The molecule has 1 saturated heterocycles. The molecular formula is C25H29ClN4O3S. The molecule has 2 heterocycles. The van der Waals surface area contributed by atoms with Gasteiger partial charge in [-0.15, -0.1) is 11.3 Å². The Balaban J connectivity index is 1.34. The van der Waals surface area contributed by atoms with E-state index in [4.69, 9.17) is 21.1 Å². The Labute approximate surface area is 209 Å². The first-order valence-corrected chi connectivity index (χ1v) is 12.5. The van der Waals surface area contributed by atoms with E-state index in [9.17, 15) is 4.79 Å². The third-order valence-electron chi connectivity index (χ3n) is 5.88. The average Bonchev–Trinajstić information content (AvgIpc) is 3.21. The molecule has 1 fully saturated rings. The highest BCUT2D eigenvalue weighted by Gasteiger charge is 2.20. The van der Waals surface area contributed by atoms with Crippen LogP contribution in [0.4, 0.5) is 5.82 Å². The number of thiazole rings is 1. The maximum absolute atomic E-state index is 12.5. The normalized spacial score (nSPS) is 14.5. The third-order valence-corrected chi connectivity index (χ3v) is 6.95. The summed E-state index contributed by atoms with van der Waals surface area (Å²) in [5, 5.41) is 3.62. The second-order valence-corrected chi connectivity index (χ2v) is 9.47. The van der Waals surface area contributed by atoms with Gasteiger partial charge in [-0.1, -0.05) is 17.7 Å². The summed E-state index contributed by atoms with van der Waals surface area (Å²) in [6.07, 6.45) is 1.04. The van der Waals surface area contributed by atoms with Crippen LogP contribution in [0.5, 0.6) is 11.5 Å². The fraction of sp³-hybridized carbons (Fsp3) is 0.360. The summed E-state index contributed by atoms with van der Waals surface area (Å²) in [6.45, 7) is 5.07. The first kappa shape index (κ1) is 24.3. The number of amides is 1. The second-order valence-electron chi connectivity index (χ2n) is 8.09.